The van der Waals surface area contributed by atoms with Crippen molar-refractivity contribution in [3.63, 3.8) is 0 Å². The predicted molar refractivity (Wildman–Crippen MR) is 168 cm³/mol. The Morgan fingerprint density at radius 3 is 2.32 bits per heavy atom. The van der Waals surface area contributed by atoms with Gasteiger partial charge in [-0.3, -0.25) is 4.68 Å². The first-order valence-corrected chi connectivity index (χ1v) is 14.6. The van der Waals surface area contributed by atoms with Crippen LogP contribution in [0.2, 0.25) is 0 Å². The summed E-state index contributed by atoms with van der Waals surface area (Å²) < 4.78 is 9.85. The van der Waals surface area contributed by atoms with Crippen molar-refractivity contribution in [3.8, 4) is 33.7 Å². The lowest BCUT2D eigenvalue weighted by Gasteiger charge is -2.17. The Kier molecular flexibility index (Phi) is 7.02. The van der Waals surface area contributed by atoms with E-state index in [-0.39, 0.29) is 23.5 Å². The number of carbonyl (C=O) groups is 1. The first-order valence-electron chi connectivity index (χ1n) is 14.6. The van der Waals surface area contributed by atoms with Gasteiger partial charge < -0.3 is 9.84 Å². The highest BCUT2D eigenvalue weighted by molar-refractivity contribution is 5.89. The number of benzene rings is 4. The van der Waals surface area contributed by atoms with E-state index in [1.807, 2.05) is 80.0 Å². The summed E-state index contributed by atoms with van der Waals surface area (Å²) in [6, 6.07) is 34.8. The molecule has 1 unspecified atom stereocenters. The summed E-state index contributed by atoms with van der Waals surface area (Å²) >= 11 is 0. The number of aromatic nitrogens is 5. The average Bonchev–Trinajstić information content (AvgIpc) is 3.50. The van der Waals surface area contributed by atoms with Gasteiger partial charge in [-0.05, 0) is 71.5 Å². The SMILES string of the molecule is CC(Oc1cccc(-c2cccc(-n3ncc(C(=O)O)c3[C@H]3C[C@@H]3c3cn(C)nn3)c2)c1)c1cccc(-c2ccccc2)c1. The van der Waals surface area contributed by atoms with Gasteiger partial charge in [-0.15, -0.1) is 5.10 Å². The van der Waals surface area contributed by atoms with Crippen LogP contribution in [-0.4, -0.2) is 35.9 Å². The Morgan fingerprint density at radius 1 is 0.864 bits per heavy atom. The van der Waals surface area contributed by atoms with Crippen molar-refractivity contribution in [2.24, 2.45) is 7.05 Å². The fraction of sp³-hybridized carbons (Fsp3) is 0.167. The summed E-state index contributed by atoms with van der Waals surface area (Å²) in [6.45, 7) is 2.06. The van der Waals surface area contributed by atoms with Crippen LogP contribution in [0.25, 0.3) is 27.9 Å². The first-order chi connectivity index (χ1) is 21.4. The molecule has 44 heavy (non-hydrogen) atoms. The van der Waals surface area contributed by atoms with E-state index in [9.17, 15) is 9.90 Å². The molecule has 2 aromatic heterocycles. The van der Waals surface area contributed by atoms with E-state index in [4.69, 9.17) is 4.74 Å². The van der Waals surface area contributed by atoms with Crippen LogP contribution in [0.4, 0.5) is 0 Å². The molecule has 4 aromatic carbocycles. The second kappa shape index (κ2) is 11.3. The van der Waals surface area contributed by atoms with E-state index < -0.39 is 5.97 Å². The summed E-state index contributed by atoms with van der Waals surface area (Å²) in [5, 5.41) is 22.8. The number of carboxylic acids is 1. The van der Waals surface area contributed by atoms with Crippen LogP contribution in [0.15, 0.2) is 116 Å². The Balaban J connectivity index is 1.14. The highest BCUT2D eigenvalue weighted by atomic mass is 16.5. The zero-order chi connectivity index (χ0) is 30.2. The highest BCUT2D eigenvalue weighted by Crippen LogP contribution is 2.55. The number of carboxylic acid groups (broad SMARTS) is 1. The summed E-state index contributed by atoms with van der Waals surface area (Å²) in [4.78, 5) is 12.2. The van der Waals surface area contributed by atoms with Gasteiger partial charge >= 0.3 is 5.97 Å². The minimum absolute atomic E-state index is 0.00238. The molecule has 8 heteroatoms. The molecule has 218 valence electrons. The van der Waals surface area contributed by atoms with Gasteiger partial charge in [0.2, 0.25) is 0 Å². The molecule has 0 amide bonds. The van der Waals surface area contributed by atoms with E-state index in [2.05, 4.69) is 58.7 Å². The lowest BCUT2D eigenvalue weighted by molar-refractivity contribution is 0.0695. The summed E-state index contributed by atoms with van der Waals surface area (Å²) in [6.07, 6.45) is 3.99. The van der Waals surface area contributed by atoms with Gasteiger partial charge in [0.15, 0.2) is 0 Å². The van der Waals surface area contributed by atoms with Crippen molar-refractivity contribution < 1.29 is 14.6 Å². The molecule has 0 saturated heterocycles. The summed E-state index contributed by atoms with van der Waals surface area (Å²) in [5.41, 5.74) is 7.96. The minimum atomic E-state index is -0.986. The van der Waals surface area contributed by atoms with E-state index in [1.165, 1.54) is 11.8 Å². The molecule has 1 aliphatic carbocycles. The number of nitrogens with zero attached hydrogens (tertiary/aromatic N) is 5. The van der Waals surface area contributed by atoms with E-state index in [0.717, 1.165) is 45.8 Å². The maximum absolute atomic E-state index is 12.2. The molecule has 1 saturated carbocycles. The van der Waals surface area contributed by atoms with Gasteiger partial charge in [0.25, 0.3) is 0 Å². The molecule has 0 spiro atoms. The number of aromatic carboxylic acids is 1. The standard InChI is InChI=1S/C36H31N5O3/c1-23(25-11-6-12-26(17-25)24-9-4-3-5-10-24)44-30-16-8-14-28(19-30)27-13-7-15-29(18-27)41-35(33(21-37-41)36(42)43)32-20-31(32)34-22-40(2)39-38-34/h3-19,21-23,31-32H,20H2,1-2H3,(H,42,43)/t23?,31-,32-/m0/s1. The maximum Gasteiger partial charge on any atom is 0.339 e. The molecule has 3 atom stereocenters. The van der Waals surface area contributed by atoms with Gasteiger partial charge in [-0.1, -0.05) is 78.0 Å². The molecule has 0 radical (unpaired) electrons. The Bertz CT molecular complexity index is 1960. The number of ether oxygens (including phenoxy) is 1. The van der Waals surface area contributed by atoms with Crippen LogP contribution in [0.5, 0.6) is 5.75 Å². The zero-order valence-corrected chi connectivity index (χ0v) is 24.4. The van der Waals surface area contributed by atoms with E-state index >= 15 is 0 Å². The second-order valence-electron chi connectivity index (χ2n) is 11.3. The van der Waals surface area contributed by atoms with Crippen LogP contribution < -0.4 is 4.74 Å². The fourth-order valence-corrected chi connectivity index (χ4v) is 5.88. The highest BCUT2D eigenvalue weighted by Gasteiger charge is 2.46. The van der Waals surface area contributed by atoms with Gasteiger partial charge in [0.1, 0.15) is 17.4 Å². The van der Waals surface area contributed by atoms with Crippen molar-refractivity contribution in [2.75, 3.05) is 0 Å². The van der Waals surface area contributed by atoms with Crippen molar-refractivity contribution in [2.45, 2.75) is 31.3 Å². The van der Waals surface area contributed by atoms with Gasteiger partial charge in [0.05, 0.1) is 23.3 Å². The fourth-order valence-electron chi connectivity index (χ4n) is 5.88. The third kappa shape index (κ3) is 5.38. The molecule has 8 nitrogen and oxygen atoms in total. The van der Waals surface area contributed by atoms with Crippen LogP contribution in [0, 0.1) is 0 Å². The molecular weight excluding hydrogens is 550 g/mol. The molecular formula is C36H31N5O3. The van der Waals surface area contributed by atoms with Crippen molar-refractivity contribution >= 4 is 5.97 Å². The third-order valence-electron chi connectivity index (χ3n) is 8.21. The molecule has 1 fully saturated rings. The van der Waals surface area contributed by atoms with Crippen molar-refractivity contribution in [1.82, 2.24) is 24.8 Å². The van der Waals surface area contributed by atoms with Gasteiger partial charge in [-0.25, -0.2) is 9.48 Å². The number of hydrogen-bond donors (Lipinski definition) is 1. The first kappa shape index (κ1) is 27.3. The molecule has 0 bridgehead atoms. The molecule has 2 heterocycles. The van der Waals surface area contributed by atoms with Crippen LogP contribution in [0.3, 0.4) is 0 Å². The summed E-state index contributed by atoms with van der Waals surface area (Å²) in [5.74, 6) is -0.101. The lowest BCUT2D eigenvalue weighted by atomic mass is 10.0. The van der Waals surface area contributed by atoms with E-state index in [1.54, 1.807) is 9.36 Å². The third-order valence-corrected chi connectivity index (χ3v) is 8.21. The van der Waals surface area contributed by atoms with Gasteiger partial charge in [0, 0.05) is 25.1 Å². The van der Waals surface area contributed by atoms with Crippen LogP contribution in [0.1, 0.15) is 58.6 Å². The predicted octanol–water partition coefficient (Wildman–Crippen LogP) is 7.44. The van der Waals surface area contributed by atoms with Crippen LogP contribution >= 0.6 is 0 Å². The molecule has 1 aliphatic rings. The van der Waals surface area contributed by atoms with Crippen molar-refractivity contribution in [3.05, 3.63) is 138 Å². The van der Waals surface area contributed by atoms with Crippen LogP contribution in [-0.2, 0) is 7.05 Å². The quantitative estimate of drug-likeness (QED) is 0.191. The molecule has 6 aromatic rings. The number of aryl methyl sites for hydroxylation is 1. The van der Waals surface area contributed by atoms with Gasteiger partial charge in [-0.2, -0.15) is 5.10 Å². The largest absolute Gasteiger partial charge is 0.486 e. The zero-order valence-electron chi connectivity index (χ0n) is 24.4. The average molecular weight is 582 g/mol. The normalized spacial score (nSPS) is 16.4. The van der Waals surface area contributed by atoms with Crippen molar-refractivity contribution in [1.29, 1.82) is 0 Å². The number of hydrogen-bond acceptors (Lipinski definition) is 5. The monoisotopic (exact) mass is 581 g/mol. The second-order valence-corrected chi connectivity index (χ2v) is 11.3. The smallest absolute Gasteiger partial charge is 0.339 e. The Morgan fingerprint density at radius 2 is 1.57 bits per heavy atom. The topological polar surface area (TPSA) is 95.1 Å². The summed E-state index contributed by atoms with van der Waals surface area (Å²) in [7, 11) is 1.83. The minimum Gasteiger partial charge on any atom is -0.486 e. The number of rotatable bonds is 9. The molecule has 7 rings (SSSR count). The van der Waals surface area contributed by atoms with E-state index in [0.29, 0.717) is 5.69 Å². The molecule has 1 N–H and O–H groups in total. The Hall–Kier alpha value is -5.50. The lowest BCUT2D eigenvalue weighted by Crippen LogP contribution is -2.06. The maximum atomic E-state index is 12.2. The molecule has 0 aliphatic heterocycles. The Labute approximate surface area is 255 Å².